The molecule has 2 N–H and O–H groups in total. The molecule has 1 fully saturated rings. The predicted octanol–water partition coefficient (Wildman–Crippen LogP) is 3.15. The highest BCUT2D eigenvalue weighted by atomic mass is 15.0. The van der Waals surface area contributed by atoms with E-state index in [0.717, 1.165) is 12.5 Å². The number of aromatic amines is 1. The first-order valence-corrected chi connectivity index (χ1v) is 6.06. The summed E-state index contributed by atoms with van der Waals surface area (Å²) in [5.74, 6) is 0.790. The minimum atomic E-state index is 0.533. The third-order valence-electron chi connectivity index (χ3n) is 3.64. The molecule has 1 aliphatic rings. The molecule has 2 heterocycles. The minimum absolute atomic E-state index is 0.533. The zero-order valence-electron chi connectivity index (χ0n) is 9.88. The SMILES string of the molecule is Cc1[nH]c2ccccc2c1[C@@H]1C[C@H](C)CN1. The number of nitrogens with one attached hydrogen (secondary N) is 2. The summed E-state index contributed by atoms with van der Waals surface area (Å²) in [5.41, 5.74) is 4.05. The molecule has 2 heteroatoms. The summed E-state index contributed by atoms with van der Waals surface area (Å²) >= 11 is 0. The second-order valence-electron chi connectivity index (χ2n) is 5.01. The second kappa shape index (κ2) is 3.63. The molecular weight excluding hydrogens is 196 g/mol. The molecule has 3 rings (SSSR count). The molecule has 1 aliphatic heterocycles. The van der Waals surface area contributed by atoms with Crippen molar-refractivity contribution in [2.75, 3.05) is 6.54 Å². The van der Waals surface area contributed by atoms with Crippen LogP contribution in [-0.2, 0) is 0 Å². The van der Waals surface area contributed by atoms with Crippen LogP contribution < -0.4 is 5.32 Å². The van der Waals surface area contributed by atoms with Gasteiger partial charge in [0.25, 0.3) is 0 Å². The largest absolute Gasteiger partial charge is 0.358 e. The number of para-hydroxylation sites is 1. The molecule has 2 atom stereocenters. The third kappa shape index (κ3) is 1.45. The first-order chi connectivity index (χ1) is 7.75. The van der Waals surface area contributed by atoms with Gasteiger partial charge in [-0.2, -0.15) is 0 Å². The van der Waals surface area contributed by atoms with E-state index in [1.807, 2.05) is 0 Å². The molecule has 0 bridgehead atoms. The quantitative estimate of drug-likeness (QED) is 0.750. The Morgan fingerprint density at radius 1 is 1.25 bits per heavy atom. The fraction of sp³-hybridized carbons (Fsp3) is 0.429. The van der Waals surface area contributed by atoms with E-state index in [1.165, 1.54) is 28.6 Å². The van der Waals surface area contributed by atoms with E-state index in [0.29, 0.717) is 6.04 Å². The van der Waals surface area contributed by atoms with Gasteiger partial charge in [-0.25, -0.2) is 0 Å². The average Bonchev–Trinajstić information content (AvgIpc) is 2.80. The molecule has 1 aromatic carbocycles. The van der Waals surface area contributed by atoms with E-state index in [2.05, 4.69) is 48.4 Å². The number of benzene rings is 1. The molecule has 1 saturated heterocycles. The number of aryl methyl sites for hydroxylation is 1. The Hall–Kier alpha value is -1.28. The Morgan fingerprint density at radius 2 is 2.06 bits per heavy atom. The number of fused-ring (bicyclic) bond motifs is 1. The van der Waals surface area contributed by atoms with Gasteiger partial charge >= 0.3 is 0 Å². The fourth-order valence-corrected chi connectivity index (χ4v) is 2.88. The highest BCUT2D eigenvalue weighted by Gasteiger charge is 2.25. The van der Waals surface area contributed by atoms with Crippen LogP contribution >= 0.6 is 0 Å². The van der Waals surface area contributed by atoms with Crippen LogP contribution in [0.25, 0.3) is 10.9 Å². The number of hydrogen-bond acceptors (Lipinski definition) is 1. The first-order valence-electron chi connectivity index (χ1n) is 6.06. The van der Waals surface area contributed by atoms with Crippen molar-refractivity contribution < 1.29 is 0 Å². The zero-order chi connectivity index (χ0) is 11.1. The lowest BCUT2D eigenvalue weighted by molar-refractivity contribution is 0.612. The number of hydrogen-bond donors (Lipinski definition) is 2. The van der Waals surface area contributed by atoms with E-state index < -0.39 is 0 Å². The van der Waals surface area contributed by atoms with Crippen molar-refractivity contribution in [3.8, 4) is 0 Å². The van der Waals surface area contributed by atoms with Gasteiger partial charge in [0.15, 0.2) is 0 Å². The maximum atomic E-state index is 3.62. The molecule has 0 radical (unpaired) electrons. The van der Waals surface area contributed by atoms with Gasteiger partial charge in [-0.3, -0.25) is 0 Å². The summed E-state index contributed by atoms with van der Waals surface area (Å²) in [6.45, 7) is 5.64. The third-order valence-corrected chi connectivity index (χ3v) is 3.64. The van der Waals surface area contributed by atoms with Crippen molar-refractivity contribution in [2.24, 2.45) is 5.92 Å². The topological polar surface area (TPSA) is 27.8 Å². The lowest BCUT2D eigenvalue weighted by Crippen LogP contribution is -2.13. The molecule has 0 unspecified atom stereocenters. The average molecular weight is 214 g/mol. The molecule has 0 saturated carbocycles. The summed E-state index contributed by atoms with van der Waals surface area (Å²) in [7, 11) is 0. The standard InChI is InChI=1S/C14H18N2/c1-9-7-13(15-8-9)14-10(2)16-12-6-4-3-5-11(12)14/h3-6,9,13,15-16H,7-8H2,1-2H3/t9-,13-/m0/s1. The molecule has 16 heavy (non-hydrogen) atoms. The van der Waals surface area contributed by atoms with E-state index in [-0.39, 0.29) is 0 Å². The normalized spacial score (nSPS) is 25.4. The highest BCUT2D eigenvalue weighted by molar-refractivity contribution is 5.85. The van der Waals surface area contributed by atoms with Crippen LogP contribution in [0.15, 0.2) is 24.3 Å². The van der Waals surface area contributed by atoms with Gasteiger partial charge in [0, 0.05) is 22.6 Å². The molecule has 2 aromatic rings. The smallest absolute Gasteiger partial charge is 0.0459 e. The fourth-order valence-electron chi connectivity index (χ4n) is 2.88. The van der Waals surface area contributed by atoms with Gasteiger partial charge in [0.2, 0.25) is 0 Å². The van der Waals surface area contributed by atoms with Crippen molar-refractivity contribution >= 4 is 10.9 Å². The molecule has 0 aliphatic carbocycles. The van der Waals surface area contributed by atoms with Crippen LogP contribution in [-0.4, -0.2) is 11.5 Å². The maximum absolute atomic E-state index is 3.62. The van der Waals surface area contributed by atoms with Gasteiger partial charge < -0.3 is 10.3 Å². The van der Waals surface area contributed by atoms with Gasteiger partial charge in [0.1, 0.15) is 0 Å². The van der Waals surface area contributed by atoms with Crippen molar-refractivity contribution in [2.45, 2.75) is 26.3 Å². The second-order valence-corrected chi connectivity index (χ2v) is 5.01. The number of rotatable bonds is 1. The lowest BCUT2D eigenvalue weighted by Gasteiger charge is -2.10. The zero-order valence-corrected chi connectivity index (χ0v) is 9.88. The molecule has 84 valence electrons. The van der Waals surface area contributed by atoms with Gasteiger partial charge in [-0.05, 0) is 37.4 Å². The molecular formula is C14H18N2. The van der Waals surface area contributed by atoms with E-state index in [1.54, 1.807) is 0 Å². The first kappa shape index (κ1) is 9.91. The highest BCUT2D eigenvalue weighted by Crippen LogP contribution is 2.34. The summed E-state index contributed by atoms with van der Waals surface area (Å²) in [6, 6.07) is 9.12. The Kier molecular flexibility index (Phi) is 2.25. The summed E-state index contributed by atoms with van der Waals surface area (Å²) in [6.07, 6.45) is 1.25. The molecule has 1 aromatic heterocycles. The Bertz CT molecular complexity index is 512. The van der Waals surface area contributed by atoms with Gasteiger partial charge in [-0.15, -0.1) is 0 Å². The van der Waals surface area contributed by atoms with Crippen LogP contribution in [0.1, 0.15) is 30.6 Å². The minimum Gasteiger partial charge on any atom is -0.358 e. The van der Waals surface area contributed by atoms with E-state index in [4.69, 9.17) is 0 Å². The van der Waals surface area contributed by atoms with Crippen molar-refractivity contribution in [1.82, 2.24) is 10.3 Å². The Labute approximate surface area is 96.1 Å². The number of H-pyrrole nitrogens is 1. The molecule has 0 spiro atoms. The molecule has 2 nitrogen and oxygen atoms in total. The van der Waals surface area contributed by atoms with Gasteiger partial charge in [-0.1, -0.05) is 25.1 Å². The lowest BCUT2D eigenvalue weighted by atomic mass is 9.99. The van der Waals surface area contributed by atoms with E-state index in [9.17, 15) is 0 Å². The monoisotopic (exact) mass is 214 g/mol. The maximum Gasteiger partial charge on any atom is 0.0459 e. The Balaban J connectivity index is 2.12. The van der Waals surface area contributed by atoms with Crippen LogP contribution in [0, 0.1) is 12.8 Å². The molecule has 0 amide bonds. The van der Waals surface area contributed by atoms with Crippen LogP contribution in [0.3, 0.4) is 0 Å². The summed E-state index contributed by atoms with van der Waals surface area (Å²) in [5, 5.41) is 5.00. The van der Waals surface area contributed by atoms with Crippen molar-refractivity contribution in [1.29, 1.82) is 0 Å². The predicted molar refractivity (Wildman–Crippen MR) is 67.6 cm³/mol. The van der Waals surface area contributed by atoms with Crippen LogP contribution in [0.5, 0.6) is 0 Å². The van der Waals surface area contributed by atoms with Crippen molar-refractivity contribution in [3.05, 3.63) is 35.5 Å². The Morgan fingerprint density at radius 3 is 2.81 bits per heavy atom. The van der Waals surface area contributed by atoms with E-state index >= 15 is 0 Å². The van der Waals surface area contributed by atoms with Crippen LogP contribution in [0.2, 0.25) is 0 Å². The summed E-state index contributed by atoms with van der Waals surface area (Å²) < 4.78 is 0. The summed E-state index contributed by atoms with van der Waals surface area (Å²) in [4.78, 5) is 3.48. The van der Waals surface area contributed by atoms with Crippen molar-refractivity contribution in [3.63, 3.8) is 0 Å². The van der Waals surface area contributed by atoms with Crippen LogP contribution in [0.4, 0.5) is 0 Å². The number of aromatic nitrogens is 1. The van der Waals surface area contributed by atoms with Gasteiger partial charge in [0.05, 0.1) is 0 Å².